The molecule has 56 valence electrons. The Labute approximate surface area is 60.2 Å². The number of allylic oxidation sites excluding steroid dienone is 3. The first kappa shape index (κ1) is 7.48. The molecular weight excluding hydrogens is 131 g/mol. The van der Waals surface area contributed by atoms with Gasteiger partial charge in [-0.25, -0.2) is 4.39 Å². The molecule has 0 aliphatic heterocycles. The molecule has 10 heavy (non-hydrogen) atoms. The Bertz CT molecular complexity index is 166. The van der Waals surface area contributed by atoms with Crippen LogP contribution in [0.5, 0.6) is 0 Å². The molecule has 0 aromatic carbocycles. The second-order valence-electron chi connectivity index (χ2n) is 2.37. The van der Waals surface area contributed by atoms with E-state index >= 15 is 0 Å². The first-order chi connectivity index (χ1) is 4.83. The van der Waals surface area contributed by atoms with Gasteiger partial charge in [-0.1, -0.05) is 6.08 Å². The summed E-state index contributed by atoms with van der Waals surface area (Å²) in [5.74, 6) is -0.0279. The highest BCUT2D eigenvalue weighted by atomic mass is 19.1. The van der Waals surface area contributed by atoms with E-state index in [2.05, 4.69) is 0 Å². The fourth-order valence-electron chi connectivity index (χ4n) is 0.961. The molecule has 0 saturated carbocycles. The van der Waals surface area contributed by atoms with E-state index in [0.29, 0.717) is 13.0 Å². The Kier molecular flexibility index (Phi) is 2.63. The number of halogens is 1. The van der Waals surface area contributed by atoms with Gasteiger partial charge >= 0.3 is 0 Å². The minimum Gasteiger partial charge on any atom is -0.380 e. The van der Waals surface area contributed by atoms with Crippen LogP contribution in [0.1, 0.15) is 12.8 Å². The molecule has 0 unspecified atom stereocenters. The molecule has 0 fully saturated rings. The van der Waals surface area contributed by atoms with E-state index in [-0.39, 0.29) is 5.83 Å². The Morgan fingerprint density at radius 1 is 1.50 bits per heavy atom. The summed E-state index contributed by atoms with van der Waals surface area (Å²) in [4.78, 5) is 0. The van der Waals surface area contributed by atoms with Crippen LogP contribution in [0.25, 0.3) is 0 Å². The van der Waals surface area contributed by atoms with Crippen LogP contribution in [0.4, 0.5) is 4.39 Å². The van der Waals surface area contributed by atoms with E-state index in [4.69, 9.17) is 4.74 Å². The fourth-order valence-corrected chi connectivity index (χ4v) is 0.961. The largest absolute Gasteiger partial charge is 0.380 e. The molecule has 1 aliphatic carbocycles. The molecule has 0 radical (unpaired) electrons. The third kappa shape index (κ3) is 1.95. The molecule has 0 atom stereocenters. The molecule has 1 rings (SSSR count). The lowest BCUT2D eigenvalue weighted by Crippen LogP contribution is -1.97. The highest BCUT2D eigenvalue weighted by molar-refractivity contribution is 5.20. The van der Waals surface area contributed by atoms with Gasteiger partial charge in [0.2, 0.25) is 0 Å². The monoisotopic (exact) mass is 142 g/mol. The predicted molar refractivity (Wildman–Crippen MR) is 38.4 cm³/mol. The molecule has 2 heteroatoms. The fraction of sp³-hybridized carbons (Fsp3) is 0.500. The summed E-state index contributed by atoms with van der Waals surface area (Å²) in [6.45, 7) is 0.629. The number of hydrogen-bond donors (Lipinski definition) is 0. The van der Waals surface area contributed by atoms with Crippen LogP contribution >= 0.6 is 0 Å². The zero-order valence-corrected chi connectivity index (χ0v) is 6.06. The summed E-state index contributed by atoms with van der Waals surface area (Å²) in [5.41, 5.74) is 1.17. The van der Waals surface area contributed by atoms with Crippen LogP contribution in [0.3, 0.4) is 0 Å². The molecule has 0 heterocycles. The van der Waals surface area contributed by atoms with Crippen LogP contribution < -0.4 is 0 Å². The minimum atomic E-state index is -0.0279. The van der Waals surface area contributed by atoms with Gasteiger partial charge in [0, 0.05) is 13.5 Å². The van der Waals surface area contributed by atoms with Gasteiger partial charge in [0.05, 0.1) is 6.61 Å². The Morgan fingerprint density at radius 3 is 2.80 bits per heavy atom. The molecule has 1 nitrogen and oxygen atoms in total. The van der Waals surface area contributed by atoms with E-state index in [1.165, 1.54) is 11.6 Å². The summed E-state index contributed by atoms with van der Waals surface area (Å²) in [5, 5.41) is 0. The van der Waals surface area contributed by atoms with Crippen molar-refractivity contribution in [1.82, 2.24) is 0 Å². The van der Waals surface area contributed by atoms with Crippen molar-refractivity contribution in [1.29, 1.82) is 0 Å². The number of hydrogen-bond acceptors (Lipinski definition) is 1. The van der Waals surface area contributed by atoms with Crippen LogP contribution in [0, 0.1) is 0 Å². The Hall–Kier alpha value is -0.630. The average molecular weight is 142 g/mol. The second kappa shape index (κ2) is 3.52. The molecule has 0 saturated heterocycles. The van der Waals surface area contributed by atoms with Gasteiger partial charge in [-0.05, 0) is 18.1 Å². The van der Waals surface area contributed by atoms with Crippen molar-refractivity contribution in [2.24, 2.45) is 0 Å². The molecule has 0 aromatic rings. The third-order valence-electron chi connectivity index (χ3n) is 1.51. The van der Waals surface area contributed by atoms with Crippen molar-refractivity contribution in [2.75, 3.05) is 13.7 Å². The zero-order chi connectivity index (χ0) is 7.40. The maximum atomic E-state index is 12.4. The highest BCUT2D eigenvalue weighted by Gasteiger charge is 2.03. The highest BCUT2D eigenvalue weighted by Crippen LogP contribution is 2.18. The van der Waals surface area contributed by atoms with E-state index in [9.17, 15) is 4.39 Å². The van der Waals surface area contributed by atoms with Crippen molar-refractivity contribution < 1.29 is 9.13 Å². The van der Waals surface area contributed by atoms with Crippen molar-refractivity contribution in [2.45, 2.75) is 12.8 Å². The van der Waals surface area contributed by atoms with Crippen LogP contribution in [0.15, 0.2) is 23.6 Å². The van der Waals surface area contributed by atoms with Crippen LogP contribution in [-0.4, -0.2) is 13.7 Å². The quantitative estimate of drug-likeness (QED) is 0.574. The van der Waals surface area contributed by atoms with Gasteiger partial charge in [0.15, 0.2) is 0 Å². The van der Waals surface area contributed by atoms with Crippen molar-refractivity contribution in [3.63, 3.8) is 0 Å². The van der Waals surface area contributed by atoms with Gasteiger partial charge in [-0.2, -0.15) is 0 Å². The van der Waals surface area contributed by atoms with Gasteiger partial charge in [0.25, 0.3) is 0 Å². The Morgan fingerprint density at radius 2 is 2.30 bits per heavy atom. The summed E-state index contributed by atoms with van der Waals surface area (Å²) in [7, 11) is 1.65. The standard InChI is InChI=1S/C8H11FO/c1-10-6-7-2-4-8(9)5-3-7/h2,4H,3,5-6H2,1H3. The van der Waals surface area contributed by atoms with E-state index < -0.39 is 0 Å². The minimum absolute atomic E-state index is 0.0279. The lowest BCUT2D eigenvalue weighted by Gasteiger charge is -2.08. The molecule has 1 aliphatic rings. The summed E-state index contributed by atoms with van der Waals surface area (Å²) < 4.78 is 17.3. The third-order valence-corrected chi connectivity index (χ3v) is 1.51. The lowest BCUT2D eigenvalue weighted by atomic mass is 10.1. The van der Waals surface area contributed by atoms with Gasteiger partial charge in [0.1, 0.15) is 5.83 Å². The van der Waals surface area contributed by atoms with Gasteiger partial charge in [-0.15, -0.1) is 0 Å². The van der Waals surface area contributed by atoms with Crippen LogP contribution in [0.2, 0.25) is 0 Å². The first-order valence-corrected chi connectivity index (χ1v) is 3.36. The predicted octanol–water partition coefficient (Wildman–Crippen LogP) is 2.21. The maximum Gasteiger partial charge on any atom is 0.100 e. The topological polar surface area (TPSA) is 9.23 Å². The van der Waals surface area contributed by atoms with E-state index in [0.717, 1.165) is 6.42 Å². The molecule has 0 bridgehead atoms. The Balaban J connectivity index is 2.47. The van der Waals surface area contributed by atoms with Crippen LogP contribution in [-0.2, 0) is 4.74 Å². The summed E-state index contributed by atoms with van der Waals surface area (Å²) in [6.07, 6.45) is 4.64. The van der Waals surface area contributed by atoms with Gasteiger partial charge < -0.3 is 4.74 Å². The molecular formula is C8H11FO. The normalized spacial score (nSPS) is 18.2. The summed E-state index contributed by atoms with van der Waals surface area (Å²) >= 11 is 0. The molecule has 0 N–H and O–H groups in total. The second-order valence-corrected chi connectivity index (χ2v) is 2.37. The molecule has 0 amide bonds. The SMILES string of the molecule is COCC1=CC=C(F)CC1. The number of ether oxygens (including phenoxy) is 1. The van der Waals surface area contributed by atoms with E-state index in [1.54, 1.807) is 13.2 Å². The van der Waals surface area contributed by atoms with E-state index in [1.807, 2.05) is 0 Å². The summed E-state index contributed by atoms with van der Waals surface area (Å²) in [6, 6.07) is 0. The van der Waals surface area contributed by atoms with Crippen molar-refractivity contribution in [3.8, 4) is 0 Å². The van der Waals surface area contributed by atoms with Crippen molar-refractivity contribution >= 4 is 0 Å². The molecule has 0 spiro atoms. The number of methoxy groups -OCH3 is 1. The number of rotatable bonds is 2. The first-order valence-electron chi connectivity index (χ1n) is 3.36. The average Bonchev–Trinajstić information content (AvgIpc) is 1.95. The zero-order valence-electron chi connectivity index (χ0n) is 6.06. The van der Waals surface area contributed by atoms with Crippen molar-refractivity contribution in [3.05, 3.63) is 23.6 Å². The maximum absolute atomic E-state index is 12.4. The lowest BCUT2D eigenvalue weighted by molar-refractivity contribution is 0.222. The smallest absolute Gasteiger partial charge is 0.100 e. The molecule has 0 aromatic heterocycles. The van der Waals surface area contributed by atoms with Gasteiger partial charge in [-0.3, -0.25) is 0 Å².